The molecule has 0 radical (unpaired) electrons. The molecule has 4 heterocycles. The van der Waals surface area contributed by atoms with E-state index >= 15 is 0 Å². The molecule has 1 aromatic carbocycles. The second-order valence-electron chi connectivity index (χ2n) is 9.93. The monoisotopic (exact) mass is 586 g/mol. The number of likely N-dealkylation sites (tertiary alicyclic amines) is 1. The summed E-state index contributed by atoms with van der Waals surface area (Å²) in [5.74, 6) is -0.450. The van der Waals surface area contributed by atoms with Gasteiger partial charge in [0.1, 0.15) is 22.9 Å². The predicted octanol–water partition coefficient (Wildman–Crippen LogP) is 3.15. The highest BCUT2D eigenvalue weighted by Gasteiger charge is 2.44. The number of thiazole rings is 1. The van der Waals surface area contributed by atoms with Crippen molar-refractivity contribution in [3.63, 3.8) is 0 Å². The first-order chi connectivity index (χ1) is 19.3. The van der Waals surface area contributed by atoms with Crippen LogP contribution in [0.5, 0.6) is 0 Å². The van der Waals surface area contributed by atoms with Crippen molar-refractivity contribution in [1.29, 1.82) is 0 Å². The highest BCUT2D eigenvalue weighted by Crippen LogP contribution is 2.36. The largest absolute Gasteiger partial charge is 0.464 e. The highest BCUT2D eigenvalue weighted by atomic mass is 32.2. The summed E-state index contributed by atoms with van der Waals surface area (Å²) >= 11 is -1.15. The first-order valence-electron chi connectivity index (χ1n) is 13.6. The van der Waals surface area contributed by atoms with Crippen molar-refractivity contribution in [2.24, 2.45) is 0 Å². The number of esters is 1. The van der Waals surface area contributed by atoms with Crippen LogP contribution in [0, 0.1) is 0 Å². The van der Waals surface area contributed by atoms with E-state index in [9.17, 15) is 18.4 Å². The summed E-state index contributed by atoms with van der Waals surface area (Å²) in [6.45, 7) is 5.96. The fourth-order valence-electron chi connectivity index (χ4n) is 5.59. The molecule has 0 saturated carbocycles. The number of hydrogen-bond acceptors (Lipinski definition) is 9. The molecule has 1 amide bonds. The first kappa shape index (κ1) is 28.2. The molecule has 2 aliphatic heterocycles. The lowest BCUT2D eigenvalue weighted by Crippen LogP contribution is -2.49. The molecule has 3 atom stereocenters. The number of carbonyl (C=O) groups is 2. The van der Waals surface area contributed by atoms with Crippen LogP contribution in [0.25, 0.3) is 10.8 Å². The van der Waals surface area contributed by atoms with E-state index in [1.54, 1.807) is 19.3 Å². The number of carbonyl (C=O) groups excluding carboxylic acids is 2. The van der Waals surface area contributed by atoms with Crippen LogP contribution in [0.4, 0.5) is 16.0 Å². The van der Waals surface area contributed by atoms with Gasteiger partial charge in [0.05, 0.1) is 12.8 Å². The van der Waals surface area contributed by atoms with Gasteiger partial charge in [-0.25, -0.2) is 23.3 Å². The van der Waals surface area contributed by atoms with Crippen molar-refractivity contribution < 1.29 is 23.1 Å². The summed E-state index contributed by atoms with van der Waals surface area (Å²) in [5.41, 5.74) is 8.01. The Morgan fingerprint density at radius 1 is 1.25 bits per heavy atom. The molecule has 11 nitrogen and oxygen atoms in total. The van der Waals surface area contributed by atoms with Crippen LogP contribution >= 0.6 is 11.3 Å². The second-order valence-corrected chi connectivity index (χ2v) is 11.8. The zero-order valence-electron chi connectivity index (χ0n) is 22.6. The Morgan fingerprint density at radius 2 is 2.02 bits per heavy atom. The van der Waals surface area contributed by atoms with Crippen molar-refractivity contribution >= 4 is 61.2 Å². The Morgan fingerprint density at radius 3 is 2.73 bits per heavy atom. The molecule has 0 spiro atoms. The van der Waals surface area contributed by atoms with Gasteiger partial charge in [-0.15, -0.1) is 0 Å². The van der Waals surface area contributed by atoms with Crippen LogP contribution in [0.15, 0.2) is 30.6 Å². The van der Waals surface area contributed by atoms with Crippen LogP contribution in [-0.2, 0) is 38.4 Å². The van der Waals surface area contributed by atoms with Crippen LogP contribution in [-0.4, -0.2) is 73.8 Å². The maximum absolute atomic E-state index is 13.8. The number of nitrogens with two attached hydrogens (primary N) is 1. The third-order valence-electron chi connectivity index (χ3n) is 7.58. The fraction of sp³-hybridized carbons (Fsp3) is 0.481. The lowest BCUT2D eigenvalue weighted by molar-refractivity contribution is -0.153. The number of ether oxygens (including phenoxy) is 1. The molecule has 0 bridgehead atoms. The van der Waals surface area contributed by atoms with Gasteiger partial charge in [0.15, 0.2) is 5.13 Å². The van der Waals surface area contributed by atoms with Gasteiger partial charge in [0.25, 0.3) is 11.3 Å². The molecule has 2 aliphatic rings. The van der Waals surface area contributed by atoms with Gasteiger partial charge in [-0.05, 0) is 61.3 Å². The zero-order chi connectivity index (χ0) is 28.4. The van der Waals surface area contributed by atoms with Crippen molar-refractivity contribution in [1.82, 2.24) is 14.9 Å². The molecule has 2 saturated heterocycles. The Labute approximate surface area is 239 Å². The molecule has 3 N–H and O–H groups in total. The van der Waals surface area contributed by atoms with E-state index in [1.807, 2.05) is 25.1 Å². The number of pyridine rings is 1. The summed E-state index contributed by atoms with van der Waals surface area (Å²) in [6.07, 6.45) is 6.60. The minimum absolute atomic E-state index is 0.175. The summed E-state index contributed by atoms with van der Waals surface area (Å²) in [4.78, 5) is 39.3. The molecular formula is C27H34N6O5S2. The van der Waals surface area contributed by atoms with E-state index in [4.69, 9.17) is 10.5 Å². The third kappa shape index (κ3) is 5.50. The number of anilines is 3. The van der Waals surface area contributed by atoms with Crippen LogP contribution in [0.1, 0.15) is 44.2 Å². The molecule has 5 rings (SSSR count). The molecule has 3 aromatic rings. The quantitative estimate of drug-likeness (QED) is 0.271. The summed E-state index contributed by atoms with van der Waals surface area (Å²) < 4.78 is 29.4. The minimum Gasteiger partial charge on any atom is -0.464 e. The zero-order valence-corrected chi connectivity index (χ0v) is 24.2. The third-order valence-corrected chi connectivity index (χ3v) is 9.54. The average Bonchev–Trinajstić information content (AvgIpc) is 3.70. The second kappa shape index (κ2) is 12.1. The number of benzene rings is 1. The van der Waals surface area contributed by atoms with E-state index in [1.165, 1.54) is 20.5 Å². The topological polar surface area (TPSA) is 142 Å². The number of fused-ring (bicyclic) bond motifs is 1. The summed E-state index contributed by atoms with van der Waals surface area (Å²) in [6, 6.07) is 4.06. The molecule has 0 aliphatic carbocycles. The molecule has 2 fully saturated rings. The fourth-order valence-corrected chi connectivity index (χ4v) is 7.43. The van der Waals surface area contributed by atoms with Gasteiger partial charge >= 0.3 is 5.97 Å². The number of aryl methyl sites for hydroxylation is 1. The molecule has 13 heteroatoms. The first-order valence-corrected chi connectivity index (χ1v) is 15.4. The lowest BCUT2D eigenvalue weighted by Gasteiger charge is -2.29. The van der Waals surface area contributed by atoms with Gasteiger partial charge in [-0.3, -0.25) is 9.35 Å². The Hall–Kier alpha value is -3.29. The maximum Gasteiger partial charge on any atom is 0.329 e. The SMILES string of the molecule is CCOC(=O)[C@@H](Cc1cc2ccnc(N)c2cc1CC)N1CC[C@H](N(c2cnc(N3CCCC3)s2)S(=O)O)C1=O. The predicted molar refractivity (Wildman–Crippen MR) is 157 cm³/mol. The van der Waals surface area contributed by atoms with Gasteiger partial charge in [0, 0.05) is 37.6 Å². The average molecular weight is 587 g/mol. The van der Waals surface area contributed by atoms with E-state index < -0.39 is 29.3 Å². The normalized spacial score (nSPS) is 18.9. The minimum atomic E-state index is -2.45. The Balaban J connectivity index is 1.43. The molecule has 214 valence electrons. The molecular weight excluding hydrogens is 552 g/mol. The van der Waals surface area contributed by atoms with Crippen molar-refractivity contribution in [3.8, 4) is 0 Å². The number of amides is 1. The Kier molecular flexibility index (Phi) is 8.52. The number of nitrogens with zero attached hydrogens (tertiary/aromatic N) is 5. The molecule has 2 aromatic heterocycles. The van der Waals surface area contributed by atoms with E-state index in [-0.39, 0.29) is 25.5 Å². The van der Waals surface area contributed by atoms with E-state index in [0.717, 1.165) is 53.0 Å². The summed E-state index contributed by atoms with van der Waals surface area (Å²) in [7, 11) is 0. The van der Waals surface area contributed by atoms with Gasteiger partial charge in [-0.1, -0.05) is 24.3 Å². The molecule has 1 unspecified atom stereocenters. The van der Waals surface area contributed by atoms with E-state index in [2.05, 4.69) is 14.9 Å². The van der Waals surface area contributed by atoms with Crippen LogP contribution < -0.4 is 14.9 Å². The van der Waals surface area contributed by atoms with E-state index in [0.29, 0.717) is 23.7 Å². The van der Waals surface area contributed by atoms with Gasteiger partial charge < -0.3 is 20.3 Å². The molecule has 40 heavy (non-hydrogen) atoms. The number of rotatable bonds is 10. The lowest BCUT2D eigenvalue weighted by atomic mass is 9.94. The number of nitrogen functional groups attached to an aromatic ring is 1. The van der Waals surface area contributed by atoms with Crippen LogP contribution in [0.3, 0.4) is 0 Å². The summed E-state index contributed by atoms with van der Waals surface area (Å²) in [5, 5.41) is 2.96. The standard InChI is InChI=1S/C27H34N6O5S2/c1-3-17-14-20-18(7-9-29-24(20)28)13-19(17)15-22(26(35)38-4-2)32-12-8-21(25(32)34)33(40(36)37)23-16-30-27(39-23)31-10-5-6-11-31/h7,9,13-14,16,21-22H,3-6,8,10-12,15H2,1-2H3,(H2,28,29)(H,36,37)/t21-,22+/m0/s1. The van der Waals surface area contributed by atoms with Crippen molar-refractivity contribution in [2.45, 2.75) is 58.0 Å². The van der Waals surface area contributed by atoms with Gasteiger partial charge in [-0.2, -0.15) is 0 Å². The Bertz CT molecular complexity index is 1430. The number of hydrogen-bond donors (Lipinski definition) is 2. The van der Waals surface area contributed by atoms with Gasteiger partial charge in [0.2, 0.25) is 5.91 Å². The number of aromatic nitrogens is 2. The maximum atomic E-state index is 13.8. The van der Waals surface area contributed by atoms with Crippen LogP contribution in [0.2, 0.25) is 0 Å². The smallest absolute Gasteiger partial charge is 0.329 e. The highest BCUT2D eigenvalue weighted by molar-refractivity contribution is 7.81. The van der Waals surface area contributed by atoms with Crippen molar-refractivity contribution in [2.75, 3.05) is 41.2 Å². The van der Waals surface area contributed by atoms with Crippen molar-refractivity contribution in [3.05, 3.63) is 41.7 Å².